The Hall–Kier alpha value is -2.55. The quantitative estimate of drug-likeness (QED) is 0.810. The molecule has 0 saturated heterocycles. The number of hydrogen-bond donors (Lipinski definition) is 1. The Kier molecular flexibility index (Phi) is 3.85. The molecule has 0 heterocycles. The summed E-state index contributed by atoms with van der Waals surface area (Å²) in [5, 5.41) is 11.6. The average Bonchev–Trinajstić information content (AvgIpc) is 2.36. The Bertz CT molecular complexity index is 694. The minimum Gasteiger partial charge on any atom is -0.355 e. The van der Waals surface area contributed by atoms with Gasteiger partial charge in [0.1, 0.15) is 5.82 Å². The van der Waals surface area contributed by atoms with E-state index in [0.29, 0.717) is 11.3 Å². The number of nitrogens with zero attached hydrogens (tertiary/aromatic N) is 1. The SMILES string of the molecule is Cc1cc(F)cc(Nc2ccc(C(F)(F)F)c(C#N)c2)c1. The van der Waals surface area contributed by atoms with Gasteiger partial charge in [0.25, 0.3) is 0 Å². The molecule has 2 aromatic carbocycles. The Morgan fingerprint density at radius 3 is 2.33 bits per heavy atom. The van der Waals surface area contributed by atoms with Gasteiger partial charge in [-0.25, -0.2) is 4.39 Å². The van der Waals surface area contributed by atoms with Crippen molar-refractivity contribution in [2.45, 2.75) is 13.1 Å². The first kappa shape index (κ1) is 14.9. The standard InChI is InChI=1S/C15H10F4N2/c1-9-4-11(16)7-13(5-9)21-12-2-3-14(15(17,18)19)10(6-12)8-20/h2-7,21H,1H3. The Morgan fingerprint density at radius 2 is 1.76 bits per heavy atom. The van der Waals surface area contributed by atoms with Crippen LogP contribution in [0.5, 0.6) is 0 Å². The fraction of sp³-hybridized carbons (Fsp3) is 0.133. The second kappa shape index (κ2) is 5.44. The van der Waals surface area contributed by atoms with Gasteiger partial charge in [0, 0.05) is 11.4 Å². The van der Waals surface area contributed by atoms with Gasteiger partial charge in [0.05, 0.1) is 17.2 Å². The van der Waals surface area contributed by atoms with Crippen LogP contribution in [0.3, 0.4) is 0 Å². The van der Waals surface area contributed by atoms with E-state index in [0.717, 1.165) is 12.1 Å². The van der Waals surface area contributed by atoms with Crippen molar-refractivity contribution in [3.63, 3.8) is 0 Å². The molecule has 0 aliphatic heterocycles. The molecule has 2 aromatic rings. The zero-order chi connectivity index (χ0) is 15.6. The molecule has 2 rings (SSSR count). The van der Waals surface area contributed by atoms with Gasteiger partial charge in [-0.3, -0.25) is 0 Å². The second-order valence-electron chi connectivity index (χ2n) is 4.51. The number of alkyl halides is 3. The van der Waals surface area contributed by atoms with E-state index in [9.17, 15) is 17.6 Å². The number of hydrogen-bond acceptors (Lipinski definition) is 2. The molecule has 2 nitrogen and oxygen atoms in total. The van der Waals surface area contributed by atoms with Crippen molar-refractivity contribution in [1.29, 1.82) is 5.26 Å². The Morgan fingerprint density at radius 1 is 1.05 bits per heavy atom. The lowest BCUT2D eigenvalue weighted by atomic mass is 10.1. The van der Waals surface area contributed by atoms with Gasteiger partial charge in [-0.05, 0) is 48.9 Å². The van der Waals surface area contributed by atoms with Crippen molar-refractivity contribution in [3.05, 3.63) is 58.9 Å². The molecule has 6 heteroatoms. The van der Waals surface area contributed by atoms with E-state index < -0.39 is 23.1 Å². The molecule has 0 radical (unpaired) electrons. The van der Waals surface area contributed by atoms with Crippen LogP contribution in [0.25, 0.3) is 0 Å². The first-order chi connectivity index (χ1) is 9.79. The van der Waals surface area contributed by atoms with Crippen LogP contribution in [0.2, 0.25) is 0 Å². The lowest BCUT2D eigenvalue weighted by molar-refractivity contribution is -0.137. The summed E-state index contributed by atoms with van der Waals surface area (Å²) in [6, 6.07) is 8.82. The first-order valence-electron chi connectivity index (χ1n) is 5.95. The fourth-order valence-corrected chi connectivity index (χ4v) is 1.94. The van der Waals surface area contributed by atoms with E-state index in [1.54, 1.807) is 13.0 Å². The van der Waals surface area contributed by atoms with E-state index in [4.69, 9.17) is 5.26 Å². The lowest BCUT2D eigenvalue weighted by Crippen LogP contribution is -2.08. The lowest BCUT2D eigenvalue weighted by Gasteiger charge is -2.12. The van der Waals surface area contributed by atoms with Crippen LogP contribution in [0, 0.1) is 24.1 Å². The average molecular weight is 294 g/mol. The van der Waals surface area contributed by atoms with Crippen LogP contribution in [-0.2, 0) is 6.18 Å². The maximum Gasteiger partial charge on any atom is 0.417 e. The van der Waals surface area contributed by atoms with E-state index in [2.05, 4.69) is 5.32 Å². The number of aryl methyl sites for hydroxylation is 1. The van der Waals surface area contributed by atoms with Gasteiger partial charge in [0.2, 0.25) is 0 Å². The summed E-state index contributed by atoms with van der Waals surface area (Å²) in [7, 11) is 0. The minimum atomic E-state index is -4.58. The van der Waals surface area contributed by atoms with Crippen molar-refractivity contribution in [2.75, 3.05) is 5.32 Å². The van der Waals surface area contributed by atoms with Crippen LogP contribution < -0.4 is 5.32 Å². The molecule has 108 valence electrons. The summed E-state index contributed by atoms with van der Waals surface area (Å²) in [4.78, 5) is 0. The van der Waals surface area contributed by atoms with Gasteiger partial charge in [0.15, 0.2) is 0 Å². The molecule has 0 unspecified atom stereocenters. The number of rotatable bonds is 2. The third-order valence-electron chi connectivity index (χ3n) is 2.78. The van der Waals surface area contributed by atoms with Gasteiger partial charge < -0.3 is 5.32 Å². The molecule has 0 atom stereocenters. The summed E-state index contributed by atoms with van der Waals surface area (Å²) in [6.45, 7) is 1.70. The molecular weight excluding hydrogens is 284 g/mol. The second-order valence-corrected chi connectivity index (χ2v) is 4.51. The maximum absolute atomic E-state index is 13.3. The van der Waals surface area contributed by atoms with E-state index >= 15 is 0 Å². The predicted octanol–water partition coefficient (Wildman–Crippen LogP) is 4.77. The summed E-state index contributed by atoms with van der Waals surface area (Å²) in [5.74, 6) is -0.454. The zero-order valence-electron chi connectivity index (χ0n) is 10.9. The van der Waals surface area contributed by atoms with Crippen LogP contribution in [0.4, 0.5) is 28.9 Å². The molecular formula is C15H10F4N2. The summed E-state index contributed by atoms with van der Waals surface area (Å²) in [6.07, 6.45) is -4.58. The molecule has 1 N–H and O–H groups in total. The molecule has 0 saturated carbocycles. The number of benzene rings is 2. The molecule has 21 heavy (non-hydrogen) atoms. The normalized spacial score (nSPS) is 11.0. The van der Waals surface area contributed by atoms with Crippen LogP contribution in [0.15, 0.2) is 36.4 Å². The van der Waals surface area contributed by atoms with Gasteiger partial charge >= 0.3 is 6.18 Å². The smallest absolute Gasteiger partial charge is 0.355 e. The highest BCUT2D eigenvalue weighted by Gasteiger charge is 2.33. The minimum absolute atomic E-state index is 0.282. The van der Waals surface area contributed by atoms with Gasteiger partial charge in [-0.1, -0.05) is 0 Å². The third-order valence-corrected chi connectivity index (χ3v) is 2.78. The van der Waals surface area contributed by atoms with Gasteiger partial charge in [-0.15, -0.1) is 0 Å². The number of nitriles is 1. The summed E-state index contributed by atoms with van der Waals surface area (Å²) < 4.78 is 51.3. The summed E-state index contributed by atoms with van der Waals surface area (Å²) >= 11 is 0. The van der Waals surface area contributed by atoms with Crippen molar-refractivity contribution in [3.8, 4) is 6.07 Å². The van der Waals surface area contributed by atoms with Crippen molar-refractivity contribution >= 4 is 11.4 Å². The topological polar surface area (TPSA) is 35.8 Å². The Labute approximate surface area is 118 Å². The third kappa shape index (κ3) is 3.51. The van der Waals surface area contributed by atoms with E-state index in [1.165, 1.54) is 24.3 Å². The summed E-state index contributed by atoms with van der Waals surface area (Å²) in [5.41, 5.74) is -0.128. The van der Waals surface area contributed by atoms with E-state index in [-0.39, 0.29) is 5.69 Å². The van der Waals surface area contributed by atoms with Crippen molar-refractivity contribution < 1.29 is 17.6 Å². The molecule has 0 bridgehead atoms. The molecule has 0 amide bonds. The maximum atomic E-state index is 13.3. The molecule has 0 fully saturated rings. The van der Waals surface area contributed by atoms with Gasteiger partial charge in [-0.2, -0.15) is 18.4 Å². The predicted molar refractivity (Wildman–Crippen MR) is 70.6 cm³/mol. The highest BCUT2D eigenvalue weighted by atomic mass is 19.4. The van der Waals surface area contributed by atoms with Crippen LogP contribution >= 0.6 is 0 Å². The zero-order valence-corrected chi connectivity index (χ0v) is 10.9. The number of anilines is 2. The highest BCUT2D eigenvalue weighted by Crippen LogP contribution is 2.33. The largest absolute Gasteiger partial charge is 0.417 e. The molecule has 0 spiro atoms. The number of halogens is 4. The van der Waals surface area contributed by atoms with E-state index in [1.807, 2.05) is 0 Å². The Balaban J connectivity index is 2.36. The number of nitrogens with one attached hydrogen (secondary N) is 1. The first-order valence-corrected chi connectivity index (χ1v) is 5.95. The fourth-order valence-electron chi connectivity index (χ4n) is 1.94. The van der Waals surface area contributed by atoms with Crippen LogP contribution in [-0.4, -0.2) is 0 Å². The molecule has 0 aliphatic carbocycles. The van der Waals surface area contributed by atoms with Crippen LogP contribution in [0.1, 0.15) is 16.7 Å². The highest BCUT2D eigenvalue weighted by molar-refractivity contribution is 5.63. The van der Waals surface area contributed by atoms with Crippen molar-refractivity contribution in [1.82, 2.24) is 0 Å². The monoisotopic (exact) mass is 294 g/mol. The molecule has 0 aromatic heterocycles. The van der Waals surface area contributed by atoms with Crippen molar-refractivity contribution in [2.24, 2.45) is 0 Å². The molecule has 0 aliphatic rings.